The van der Waals surface area contributed by atoms with Gasteiger partial charge in [0.1, 0.15) is 5.75 Å². The fraction of sp³-hybridized carbons (Fsp3) is 0.300. The maximum absolute atomic E-state index is 12.0. The van der Waals surface area contributed by atoms with Gasteiger partial charge < -0.3 is 15.4 Å². The second kappa shape index (κ2) is 9.25. The van der Waals surface area contributed by atoms with E-state index in [-0.39, 0.29) is 25.0 Å². The molecule has 0 saturated carbocycles. The van der Waals surface area contributed by atoms with Gasteiger partial charge in [0.15, 0.2) is 6.61 Å². The third kappa shape index (κ3) is 5.49. The molecule has 2 rings (SSSR count). The molecule has 2 amide bonds. The van der Waals surface area contributed by atoms with E-state index < -0.39 is 0 Å². The molecule has 0 unspecified atom stereocenters. The minimum absolute atomic E-state index is 0.114. The van der Waals surface area contributed by atoms with Crippen molar-refractivity contribution in [2.75, 3.05) is 18.5 Å². The van der Waals surface area contributed by atoms with Crippen LogP contribution in [-0.2, 0) is 16.0 Å². The zero-order valence-corrected chi connectivity index (χ0v) is 15.9. The van der Waals surface area contributed by atoms with E-state index >= 15 is 0 Å². The molecule has 0 radical (unpaired) electrons. The summed E-state index contributed by atoms with van der Waals surface area (Å²) in [5.41, 5.74) is 3.68. The van der Waals surface area contributed by atoms with Gasteiger partial charge >= 0.3 is 0 Å². The number of hydrogen-bond donors (Lipinski definition) is 2. The molecule has 2 aromatic rings. The van der Waals surface area contributed by atoms with Crippen LogP contribution < -0.4 is 15.4 Å². The zero-order valence-electron chi connectivity index (χ0n) is 15.2. The first-order chi connectivity index (χ1) is 12.4. The van der Waals surface area contributed by atoms with Crippen molar-refractivity contribution in [3.63, 3.8) is 0 Å². The molecule has 0 heterocycles. The number of hydrogen-bond acceptors (Lipinski definition) is 3. The summed E-state index contributed by atoms with van der Waals surface area (Å²) in [7, 11) is 0. The van der Waals surface area contributed by atoms with Crippen LogP contribution >= 0.6 is 11.6 Å². The standard InChI is InChI=1S/C20H23ClN2O3/c1-4-15-10-16(8-9-17(15)21)26-12-19(25)22-11-18(24)23-20-13(2)6-5-7-14(20)3/h5-10H,4,11-12H2,1-3H3,(H,22,25)(H,23,24). The molecular formula is C20H23ClN2O3. The zero-order chi connectivity index (χ0) is 19.1. The lowest BCUT2D eigenvalue weighted by Gasteiger charge is -2.12. The lowest BCUT2D eigenvalue weighted by atomic mass is 10.1. The maximum Gasteiger partial charge on any atom is 0.258 e. The highest BCUT2D eigenvalue weighted by molar-refractivity contribution is 6.31. The Kier molecular flexibility index (Phi) is 7.04. The Balaban J connectivity index is 1.80. The van der Waals surface area contributed by atoms with Crippen LogP contribution in [0, 0.1) is 13.8 Å². The lowest BCUT2D eigenvalue weighted by Crippen LogP contribution is -2.36. The van der Waals surface area contributed by atoms with E-state index in [0.717, 1.165) is 28.8 Å². The van der Waals surface area contributed by atoms with Gasteiger partial charge in [-0.05, 0) is 55.2 Å². The summed E-state index contributed by atoms with van der Waals surface area (Å²) in [6.45, 7) is 5.56. The van der Waals surface area contributed by atoms with Crippen molar-refractivity contribution < 1.29 is 14.3 Å². The third-order valence-corrected chi connectivity index (χ3v) is 4.33. The predicted molar refractivity (Wildman–Crippen MR) is 104 cm³/mol. The molecule has 2 aromatic carbocycles. The minimum Gasteiger partial charge on any atom is -0.484 e. The van der Waals surface area contributed by atoms with E-state index in [1.165, 1.54) is 0 Å². The van der Waals surface area contributed by atoms with Crippen LogP contribution in [0.3, 0.4) is 0 Å². The van der Waals surface area contributed by atoms with E-state index in [1.807, 2.05) is 45.0 Å². The Bertz CT molecular complexity index is 785. The van der Waals surface area contributed by atoms with Crippen LogP contribution in [-0.4, -0.2) is 25.0 Å². The van der Waals surface area contributed by atoms with E-state index in [0.29, 0.717) is 10.8 Å². The van der Waals surface area contributed by atoms with Gasteiger partial charge in [0.2, 0.25) is 5.91 Å². The molecule has 0 aliphatic rings. The number of rotatable bonds is 7. The Hall–Kier alpha value is -2.53. The van der Waals surface area contributed by atoms with Crippen LogP contribution in [0.15, 0.2) is 36.4 Å². The van der Waals surface area contributed by atoms with Gasteiger partial charge in [0, 0.05) is 10.7 Å². The summed E-state index contributed by atoms with van der Waals surface area (Å²) in [5.74, 6) is -0.0773. The maximum atomic E-state index is 12.0. The summed E-state index contributed by atoms with van der Waals surface area (Å²) in [4.78, 5) is 23.9. The first kappa shape index (κ1) is 19.8. The van der Waals surface area contributed by atoms with Crippen LogP contribution in [0.4, 0.5) is 5.69 Å². The molecule has 0 saturated heterocycles. The number of para-hydroxylation sites is 1. The molecule has 0 aliphatic carbocycles. The average molecular weight is 375 g/mol. The summed E-state index contributed by atoms with van der Waals surface area (Å²) in [6.07, 6.45) is 0.778. The molecule has 26 heavy (non-hydrogen) atoms. The molecule has 2 N–H and O–H groups in total. The van der Waals surface area contributed by atoms with Crippen molar-refractivity contribution in [2.24, 2.45) is 0 Å². The fourth-order valence-corrected chi connectivity index (χ4v) is 2.74. The van der Waals surface area contributed by atoms with Gasteiger partial charge in [-0.3, -0.25) is 9.59 Å². The van der Waals surface area contributed by atoms with Crippen LogP contribution in [0.5, 0.6) is 5.75 Å². The van der Waals surface area contributed by atoms with Crippen molar-refractivity contribution >= 4 is 29.1 Å². The van der Waals surface area contributed by atoms with Crippen molar-refractivity contribution in [1.82, 2.24) is 5.32 Å². The van der Waals surface area contributed by atoms with Crippen LogP contribution in [0.2, 0.25) is 5.02 Å². The number of amides is 2. The van der Waals surface area contributed by atoms with Crippen molar-refractivity contribution in [3.05, 3.63) is 58.1 Å². The van der Waals surface area contributed by atoms with E-state index in [2.05, 4.69) is 10.6 Å². The van der Waals surface area contributed by atoms with Crippen molar-refractivity contribution in [1.29, 1.82) is 0 Å². The number of anilines is 1. The number of benzene rings is 2. The van der Waals surface area contributed by atoms with Crippen molar-refractivity contribution in [2.45, 2.75) is 27.2 Å². The Morgan fingerprint density at radius 2 is 1.77 bits per heavy atom. The molecule has 6 heteroatoms. The van der Waals surface area contributed by atoms with Gasteiger partial charge in [-0.1, -0.05) is 36.7 Å². The highest BCUT2D eigenvalue weighted by atomic mass is 35.5. The van der Waals surface area contributed by atoms with Crippen LogP contribution in [0.25, 0.3) is 0 Å². The monoisotopic (exact) mass is 374 g/mol. The quantitative estimate of drug-likeness (QED) is 0.777. The topological polar surface area (TPSA) is 67.4 Å². The summed E-state index contributed by atoms with van der Waals surface area (Å²) in [6, 6.07) is 11.0. The Morgan fingerprint density at radius 1 is 1.08 bits per heavy atom. The number of nitrogens with one attached hydrogen (secondary N) is 2. The number of aryl methyl sites for hydroxylation is 3. The number of ether oxygens (including phenoxy) is 1. The van der Waals surface area contributed by atoms with Gasteiger partial charge in [0.05, 0.1) is 6.54 Å². The molecule has 0 spiro atoms. The summed E-state index contributed by atoms with van der Waals surface area (Å²) >= 11 is 6.05. The van der Waals surface area contributed by atoms with Gasteiger partial charge in [-0.2, -0.15) is 0 Å². The van der Waals surface area contributed by atoms with Gasteiger partial charge in [-0.15, -0.1) is 0 Å². The predicted octanol–water partition coefficient (Wildman–Crippen LogP) is 3.65. The van der Waals surface area contributed by atoms with E-state index in [4.69, 9.17) is 16.3 Å². The second-order valence-corrected chi connectivity index (χ2v) is 6.39. The molecule has 0 fully saturated rings. The number of halogens is 1. The van der Waals surface area contributed by atoms with Gasteiger partial charge in [-0.25, -0.2) is 0 Å². The largest absolute Gasteiger partial charge is 0.484 e. The smallest absolute Gasteiger partial charge is 0.258 e. The molecular weight excluding hydrogens is 352 g/mol. The second-order valence-electron chi connectivity index (χ2n) is 5.99. The third-order valence-electron chi connectivity index (χ3n) is 3.96. The van der Waals surface area contributed by atoms with Crippen molar-refractivity contribution in [3.8, 4) is 5.75 Å². The van der Waals surface area contributed by atoms with Gasteiger partial charge in [0.25, 0.3) is 5.91 Å². The normalized spacial score (nSPS) is 10.3. The Labute approximate surface area is 158 Å². The average Bonchev–Trinajstić information content (AvgIpc) is 2.62. The lowest BCUT2D eigenvalue weighted by molar-refractivity contribution is -0.125. The number of carbonyl (C=O) groups is 2. The molecule has 5 nitrogen and oxygen atoms in total. The molecule has 0 atom stereocenters. The SMILES string of the molecule is CCc1cc(OCC(=O)NCC(=O)Nc2c(C)cccc2C)ccc1Cl. The minimum atomic E-state index is -0.366. The Morgan fingerprint density at radius 3 is 2.42 bits per heavy atom. The van der Waals surface area contributed by atoms with E-state index in [1.54, 1.807) is 12.1 Å². The summed E-state index contributed by atoms with van der Waals surface area (Å²) < 4.78 is 5.45. The summed E-state index contributed by atoms with van der Waals surface area (Å²) in [5, 5.41) is 6.04. The molecule has 0 bridgehead atoms. The first-order valence-corrected chi connectivity index (χ1v) is 8.82. The highest BCUT2D eigenvalue weighted by Crippen LogP contribution is 2.22. The van der Waals surface area contributed by atoms with Crippen LogP contribution in [0.1, 0.15) is 23.6 Å². The molecule has 0 aromatic heterocycles. The van der Waals surface area contributed by atoms with E-state index in [9.17, 15) is 9.59 Å². The fourth-order valence-electron chi connectivity index (χ4n) is 2.49. The molecule has 0 aliphatic heterocycles. The number of carbonyl (C=O) groups excluding carboxylic acids is 2. The molecule has 138 valence electrons. The first-order valence-electron chi connectivity index (χ1n) is 8.44. The highest BCUT2D eigenvalue weighted by Gasteiger charge is 2.10.